The number of ether oxygens (including phenoxy) is 1. The lowest BCUT2D eigenvalue weighted by molar-refractivity contribution is 0.0558. The highest BCUT2D eigenvalue weighted by atomic mass is 16.5. The van der Waals surface area contributed by atoms with E-state index in [0.29, 0.717) is 18.9 Å². The topological polar surface area (TPSA) is 72.6 Å². The van der Waals surface area contributed by atoms with Crippen LogP contribution in [-0.4, -0.2) is 49.9 Å². The second-order valence-corrected chi connectivity index (χ2v) is 10.3. The molecule has 2 aromatic carbocycles. The van der Waals surface area contributed by atoms with Gasteiger partial charge in [0.15, 0.2) is 0 Å². The maximum atomic E-state index is 12.9. The zero-order valence-corrected chi connectivity index (χ0v) is 20.9. The molecule has 1 atom stereocenters. The Morgan fingerprint density at radius 3 is 2.73 bits per heavy atom. The highest BCUT2D eigenvalue weighted by Crippen LogP contribution is 2.53. The normalized spacial score (nSPS) is 16.9. The molecule has 0 spiro atoms. The summed E-state index contributed by atoms with van der Waals surface area (Å²) in [5.41, 5.74) is 7.26. The van der Waals surface area contributed by atoms with Gasteiger partial charge in [-0.2, -0.15) is 0 Å². The molecule has 1 aliphatic carbocycles. The van der Waals surface area contributed by atoms with Gasteiger partial charge < -0.3 is 9.64 Å². The molecule has 7 nitrogen and oxygen atoms in total. The summed E-state index contributed by atoms with van der Waals surface area (Å²) in [6, 6.07) is 16.8. The van der Waals surface area contributed by atoms with Crippen molar-refractivity contribution < 1.29 is 9.53 Å². The Kier molecular flexibility index (Phi) is 4.91. The molecular weight excluding hydrogens is 462 g/mol. The number of methoxy groups -OCH3 is 1. The van der Waals surface area contributed by atoms with Crippen molar-refractivity contribution in [3.05, 3.63) is 95.7 Å². The molecule has 1 aliphatic heterocycles. The second-order valence-electron chi connectivity index (χ2n) is 10.3. The Morgan fingerprint density at radius 1 is 1.03 bits per heavy atom. The van der Waals surface area contributed by atoms with E-state index in [-0.39, 0.29) is 17.4 Å². The van der Waals surface area contributed by atoms with E-state index in [0.717, 1.165) is 51.7 Å². The number of fused-ring (bicyclic) bond motifs is 3. The van der Waals surface area contributed by atoms with E-state index in [1.165, 1.54) is 5.56 Å². The summed E-state index contributed by atoms with van der Waals surface area (Å²) in [4.78, 5) is 28.5. The molecule has 2 aliphatic rings. The molecule has 7 heteroatoms. The van der Waals surface area contributed by atoms with Gasteiger partial charge in [0, 0.05) is 60.7 Å². The number of pyridine rings is 1. The number of aromatic nitrogens is 4. The van der Waals surface area contributed by atoms with Gasteiger partial charge in [-0.1, -0.05) is 18.2 Å². The minimum atomic E-state index is -0.0628. The van der Waals surface area contributed by atoms with Gasteiger partial charge >= 0.3 is 0 Å². The summed E-state index contributed by atoms with van der Waals surface area (Å²) in [6.07, 6.45) is 9.97. The van der Waals surface area contributed by atoms with Crippen molar-refractivity contribution in [2.75, 3.05) is 13.7 Å². The monoisotopic (exact) mass is 489 g/mol. The highest BCUT2D eigenvalue weighted by molar-refractivity contribution is 5.99. The van der Waals surface area contributed by atoms with Crippen LogP contribution in [0, 0.1) is 0 Å². The molecule has 4 heterocycles. The Morgan fingerprint density at radius 2 is 1.89 bits per heavy atom. The zero-order valence-electron chi connectivity index (χ0n) is 20.9. The average molecular weight is 490 g/mol. The van der Waals surface area contributed by atoms with Crippen LogP contribution in [0.2, 0.25) is 0 Å². The first-order chi connectivity index (χ1) is 18.1. The van der Waals surface area contributed by atoms with Crippen LogP contribution >= 0.6 is 0 Å². The molecule has 1 fully saturated rings. The maximum absolute atomic E-state index is 12.9. The Hall–Kier alpha value is -4.10. The Balaban J connectivity index is 1.25. The third-order valence-corrected chi connectivity index (χ3v) is 7.96. The first-order valence-electron chi connectivity index (χ1n) is 12.7. The van der Waals surface area contributed by atoms with Gasteiger partial charge in [-0.05, 0) is 66.8 Å². The number of imidazole rings is 1. The molecule has 0 bridgehead atoms. The van der Waals surface area contributed by atoms with Crippen molar-refractivity contribution in [3.8, 4) is 11.1 Å². The summed E-state index contributed by atoms with van der Waals surface area (Å²) in [6.45, 7) is 3.16. The van der Waals surface area contributed by atoms with Crippen LogP contribution in [0.3, 0.4) is 0 Å². The van der Waals surface area contributed by atoms with Crippen LogP contribution in [0.1, 0.15) is 46.9 Å². The number of rotatable bonds is 6. The largest absolute Gasteiger partial charge is 0.380 e. The molecule has 1 unspecified atom stereocenters. The SMILES string of the molecule is COC(C)CN1Cc2cc(-c3cnc4ncc(C5(c6ccc7ncccc7c6)CC5)n4c3)ccc2C1=O. The molecule has 1 amide bonds. The molecular formula is C30H27N5O2. The van der Waals surface area contributed by atoms with Crippen LogP contribution in [0.5, 0.6) is 0 Å². The highest BCUT2D eigenvalue weighted by Gasteiger charge is 2.48. The van der Waals surface area contributed by atoms with Crippen molar-refractivity contribution in [1.29, 1.82) is 0 Å². The molecule has 0 saturated heterocycles. The lowest BCUT2D eigenvalue weighted by Gasteiger charge is -2.19. The number of hydrogen-bond donors (Lipinski definition) is 0. The number of benzene rings is 2. The molecule has 5 aromatic rings. The maximum Gasteiger partial charge on any atom is 0.254 e. The van der Waals surface area contributed by atoms with E-state index in [4.69, 9.17) is 4.74 Å². The van der Waals surface area contributed by atoms with Gasteiger partial charge in [-0.3, -0.25) is 14.2 Å². The van der Waals surface area contributed by atoms with Gasteiger partial charge in [0.05, 0.1) is 23.5 Å². The van der Waals surface area contributed by atoms with Gasteiger partial charge in [-0.25, -0.2) is 9.97 Å². The molecule has 7 rings (SSSR count). The molecule has 0 radical (unpaired) electrons. The number of carbonyl (C=O) groups excluding carboxylic acids is 1. The van der Waals surface area contributed by atoms with Crippen LogP contribution < -0.4 is 0 Å². The van der Waals surface area contributed by atoms with E-state index in [2.05, 4.69) is 55.9 Å². The molecule has 0 N–H and O–H groups in total. The molecule has 1 saturated carbocycles. The number of carbonyl (C=O) groups is 1. The molecule has 37 heavy (non-hydrogen) atoms. The van der Waals surface area contributed by atoms with Crippen molar-refractivity contribution in [2.45, 2.75) is 37.8 Å². The summed E-state index contributed by atoms with van der Waals surface area (Å²) in [5, 5.41) is 1.15. The van der Waals surface area contributed by atoms with Crippen LogP contribution in [0.15, 0.2) is 73.3 Å². The quantitative estimate of drug-likeness (QED) is 0.335. The first-order valence-corrected chi connectivity index (χ1v) is 12.7. The van der Waals surface area contributed by atoms with E-state index < -0.39 is 0 Å². The van der Waals surface area contributed by atoms with E-state index in [1.807, 2.05) is 48.6 Å². The molecule has 3 aromatic heterocycles. The minimum Gasteiger partial charge on any atom is -0.380 e. The third kappa shape index (κ3) is 3.53. The fourth-order valence-electron chi connectivity index (χ4n) is 5.66. The van der Waals surface area contributed by atoms with E-state index in [1.54, 1.807) is 7.11 Å². The lowest BCUT2D eigenvalue weighted by Crippen LogP contribution is -2.32. The Labute approximate surface area is 214 Å². The van der Waals surface area contributed by atoms with E-state index >= 15 is 0 Å². The number of nitrogens with zero attached hydrogens (tertiary/aromatic N) is 5. The van der Waals surface area contributed by atoms with Crippen molar-refractivity contribution in [3.63, 3.8) is 0 Å². The Bertz CT molecular complexity index is 1690. The van der Waals surface area contributed by atoms with Crippen molar-refractivity contribution in [2.24, 2.45) is 0 Å². The predicted octanol–water partition coefficient (Wildman–Crippen LogP) is 5.02. The van der Waals surface area contributed by atoms with Gasteiger partial charge in [0.1, 0.15) is 0 Å². The van der Waals surface area contributed by atoms with E-state index in [9.17, 15) is 4.79 Å². The summed E-state index contributed by atoms with van der Waals surface area (Å²) < 4.78 is 7.51. The number of amides is 1. The summed E-state index contributed by atoms with van der Waals surface area (Å²) in [7, 11) is 1.67. The van der Waals surface area contributed by atoms with Crippen LogP contribution in [0.4, 0.5) is 0 Å². The third-order valence-electron chi connectivity index (χ3n) is 7.96. The fourth-order valence-corrected chi connectivity index (χ4v) is 5.66. The first kappa shape index (κ1) is 22.1. The zero-order chi connectivity index (χ0) is 25.1. The summed E-state index contributed by atoms with van der Waals surface area (Å²) in [5.74, 6) is 0.765. The summed E-state index contributed by atoms with van der Waals surface area (Å²) >= 11 is 0. The van der Waals surface area contributed by atoms with Crippen molar-refractivity contribution >= 4 is 22.6 Å². The van der Waals surface area contributed by atoms with Crippen LogP contribution in [-0.2, 0) is 16.7 Å². The fraction of sp³-hybridized carbons (Fsp3) is 0.267. The van der Waals surface area contributed by atoms with Gasteiger partial charge in [-0.15, -0.1) is 0 Å². The van der Waals surface area contributed by atoms with Gasteiger partial charge in [0.2, 0.25) is 5.78 Å². The molecule has 184 valence electrons. The van der Waals surface area contributed by atoms with Crippen molar-refractivity contribution in [1.82, 2.24) is 24.3 Å². The average Bonchev–Trinajstić information content (AvgIpc) is 3.53. The minimum absolute atomic E-state index is 0.00221. The smallest absolute Gasteiger partial charge is 0.254 e. The lowest BCUT2D eigenvalue weighted by atomic mass is 9.91. The van der Waals surface area contributed by atoms with Crippen LogP contribution in [0.25, 0.3) is 27.8 Å². The number of hydrogen-bond acceptors (Lipinski definition) is 5. The predicted molar refractivity (Wildman–Crippen MR) is 141 cm³/mol. The van der Waals surface area contributed by atoms with Gasteiger partial charge in [0.25, 0.3) is 5.91 Å². The standard InChI is InChI=1S/C30H27N5O2/c1-19(37-2)16-34-17-22-12-20(5-7-25(22)28(34)36)23-14-32-29-33-15-27(35(29)18-23)30(9-10-30)24-6-8-26-21(13-24)4-3-11-31-26/h3-8,11-15,18-19H,9-10,16-17H2,1-2H3. The second kappa shape index (κ2) is 8.21.